The number of carbonyl (C=O) groups is 1. The van der Waals surface area contributed by atoms with E-state index in [4.69, 9.17) is 17.3 Å². The molecule has 1 aromatic heterocycles. The van der Waals surface area contributed by atoms with E-state index < -0.39 is 11.2 Å². The fourth-order valence-electron chi connectivity index (χ4n) is 3.36. The molecule has 0 atom stereocenters. The van der Waals surface area contributed by atoms with Gasteiger partial charge >= 0.3 is 5.69 Å². The number of nitrogens with zero attached hydrogens (tertiary/aromatic N) is 2. The van der Waals surface area contributed by atoms with Gasteiger partial charge in [-0.25, -0.2) is 4.79 Å². The summed E-state index contributed by atoms with van der Waals surface area (Å²) >= 11 is 7.36. The topological polar surface area (TPSA) is 101 Å². The van der Waals surface area contributed by atoms with Crippen molar-refractivity contribution in [1.29, 1.82) is 0 Å². The number of nitrogens with two attached hydrogens (primary N) is 1. The second-order valence-corrected chi connectivity index (χ2v) is 9.50. The number of amides is 1. The van der Waals surface area contributed by atoms with Gasteiger partial charge in [0.2, 0.25) is 5.91 Å². The lowest BCUT2D eigenvalue weighted by atomic mass is 10.2. The Morgan fingerprint density at radius 1 is 1.09 bits per heavy atom. The Hall–Kier alpha value is -2.97. The molecule has 0 saturated carbocycles. The third kappa shape index (κ3) is 6.52. The summed E-state index contributed by atoms with van der Waals surface area (Å²) in [5, 5.41) is 0.656. The summed E-state index contributed by atoms with van der Waals surface area (Å²) in [6.45, 7) is 4.39. The number of benzene rings is 2. The Bertz CT molecular complexity index is 1210. The van der Waals surface area contributed by atoms with Crippen LogP contribution in [-0.4, -0.2) is 27.8 Å². The third-order valence-electron chi connectivity index (χ3n) is 4.92. The monoisotopic (exact) mass is 486 g/mol. The molecule has 0 radical (unpaired) electrons. The molecule has 0 aliphatic carbocycles. The van der Waals surface area contributed by atoms with Crippen molar-refractivity contribution in [2.45, 2.75) is 26.1 Å². The van der Waals surface area contributed by atoms with Gasteiger partial charge in [-0.2, -0.15) is 0 Å². The average Bonchev–Trinajstić information content (AvgIpc) is 2.77. The summed E-state index contributed by atoms with van der Waals surface area (Å²) in [7, 11) is 0. The Kier molecular flexibility index (Phi) is 8.41. The quantitative estimate of drug-likeness (QED) is 0.479. The normalized spacial score (nSPS) is 11.0. The predicted molar refractivity (Wildman–Crippen MR) is 136 cm³/mol. The van der Waals surface area contributed by atoms with Crippen LogP contribution in [-0.2, 0) is 17.1 Å². The number of aromatic nitrogens is 2. The predicted octanol–water partition coefficient (Wildman–Crippen LogP) is 3.74. The highest BCUT2D eigenvalue weighted by atomic mass is 35.5. The van der Waals surface area contributed by atoms with Crippen molar-refractivity contribution in [1.82, 2.24) is 9.55 Å². The SMILES string of the molecule is CC(C)CN(C(=O)CSCc1ccc(Cl)cc1)c1c(N)n(Cc2ccccc2)c(=O)[nH]c1=O. The first-order valence-corrected chi connectivity index (χ1v) is 12.1. The summed E-state index contributed by atoms with van der Waals surface area (Å²) < 4.78 is 1.29. The fraction of sp³-hybridized carbons (Fsp3) is 0.292. The van der Waals surface area contributed by atoms with Gasteiger partial charge in [0, 0.05) is 17.3 Å². The number of nitrogen functional groups attached to an aromatic ring is 1. The van der Waals surface area contributed by atoms with Crippen molar-refractivity contribution in [2.75, 3.05) is 22.9 Å². The van der Waals surface area contributed by atoms with Crippen molar-refractivity contribution in [3.05, 3.63) is 91.6 Å². The molecule has 0 aliphatic heterocycles. The zero-order chi connectivity index (χ0) is 24.0. The van der Waals surface area contributed by atoms with Gasteiger partial charge < -0.3 is 10.6 Å². The number of rotatable bonds is 9. The maximum absolute atomic E-state index is 13.2. The van der Waals surface area contributed by atoms with E-state index in [0.29, 0.717) is 17.3 Å². The van der Waals surface area contributed by atoms with E-state index in [1.54, 1.807) is 12.1 Å². The zero-order valence-corrected chi connectivity index (χ0v) is 20.2. The molecule has 33 heavy (non-hydrogen) atoms. The van der Waals surface area contributed by atoms with Crippen LogP contribution in [0.15, 0.2) is 64.2 Å². The number of H-pyrrole nitrogens is 1. The molecule has 3 N–H and O–H groups in total. The second-order valence-electron chi connectivity index (χ2n) is 8.08. The molecule has 3 rings (SSSR count). The lowest BCUT2D eigenvalue weighted by Crippen LogP contribution is -2.43. The van der Waals surface area contributed by atoms with E-state index in [-0.39, 0.29) is 35.6 Å². The molecule has 7 nitrogen and oxygen atoms in total. The number of anilines is 2. The van der Waals surface area contributed by atoms with Crippen molar-refractivity contribution in [2.24, 2.45) is 5.92 Å². The van der Waals surface area contributed by atoms with Crippen molar-refractivity contribution < 1.29 is 4.79 Å². The third-order valence-corrected chi connectivity index (χ3v) is 6.16. The molecule has 1 amide bonds. The first kappa shape index (κ1) is 24.7. The van der Waals surface area contributed by atoms with E-state index in [9.17, 15) is 14.4 Å². The zero-order valence-electron chi connectivity index (χ0n) is 18.6. The number of hydrogen-bond acceptors (Lipinski definition) is 5. The number of carbonyl (C=O) groups excluding carboxylic acids is 1. The summed E-state index contributed by atoms with van der Waals surface area (Å²) in [6.07, 6.45) is 0. The Morgan fingerprint density at radius 3 is 2.39 bits per heavy atom. The maximum Gasteiger partial charge on any atom is 0.330 e. The van der Waals surface area contributed by atoms with Gasteiger partial charge in [0.15, 0.2) is 5.69 Å². The average molecular weight is 487 g/mol. The van der Waals surface area contributed by atoms with Gasteiger partial charge in [-0.05, 0) is 29.2 Å². The van der Waals surface area contributed by atoms with Crippen molar-refractivity contribution >= 4 is 40.8 Å². The number of hydrogen-bond donors (Lipinski definition) is 2. The van der Waals surface area contributed by atoms with E-state index in [0.717, 1.165) is 11.1 Å². The Balaban J connectivity index is 1.87. The lowest BCUT2D eigenvalue weighted by molar-refractivity contribution is -0.116. The highest BCUT2D eigenvalue weighted by Gasteiger charge is 2.25. The number of thioether (sulfide) groups is 1. The fourth-order valence-corrected chi connectivity index (χ4v) is 4.35. The highest BCUT2D eigenvalue weighted by molar-refractivity contribution is 7.99. The first-order chi connectivity index (χ1) is 15.8. The molecule has 0 unspecified atom stereocenters. The number of aromatic amines is 1. The molecular formula is C24H27ClN4O3S. The van der Waals surface area contributed by atoms with Crippen LogP contribution in [0, 0.1) is 5.92 Å². The lowest BCUT2D eigenvalue weighted by Gasteiger charge is -2.26. The van der Waals surface area contributed by atoms with Crippen LogP contribution in [0.1, 0.15) is 25.0 Å². The molecule has 1 heterocycles. The van der Waals surface area contributed by atoms with E-state index in [2.05, 4.69) is 4.98 Å². The standard InChI is InChI=1S/C24H27ClN4O3S/c1-16(2)12-28(20(30)15-33-14-18-8-10-19(25)11-9-18)21-22(26)29(24(32)27-23(21)31)13-17-6-4-3-5-7-17/h3-11,16H,12-15,26H2,1-2H3,(H,27,31,32). The van der Waals surface area contributed by atoms with Gasteiger partial charge in [0.05, 0.1) is 12.3 Å². The summed E-state index contributed by atoms with van der Waals surface area (Å²) in [5.41, 5.74) is 6.94. The second kappa shape index (κ2) is 11.2. The van der Waals surface area contributed by atoms with Gasteiger partial charge in [-0.1, -0.05) is 67.9 Å². The molecule has 3 aromatic rings. The van der Waals surface area contributed by atoms with E-state index >= 15 is 0 Å². The Labute approximate surface area is 201 Å². The molecule has 0 fully saturated rings. The molecule has 174 valence electrons. The Morgan fingerprint density at radius 2 is 1.76 bits per heavy atom. The van der Waals surface area contributed by atoms with E-state index in [1.165, 1.54) is 21.2 Å². The van der Waals surface area contributed by atoms with Crippen LogP contribution < -0.4 is 21.9 Å². The van der Waals surface area contributed by atoms with Crippen molar-refractivity contribution in [3.63, 3.8) is 0 Å². The molecule has 2 aromatic carbocycles. The van der Waals surface area contributed by atoms with Crippen LogP contribution in [0.4, 0.5) is 11.5 Å². The molecule has 0 aliphatic rings. The number of halogens is 1. The van der Waals surface area contributed by atoms with Gasteiger partial charge in [-0.15, -0.1) is 11.8 Å². The van der Waals surface area contributed by atoms with Crippen molar-refractivity contribution in [3.8, 4) is 0 Å². The molecule has 0 spiro atoms. The van der Waals surface area contributed by atoms with Crippen LogP contribution in [0.3, 0.4) is 0 Å². The summed E-state index contributed by atoms with van der Waals surface area (Å²) in [6, 6.07) is 16.7. The minimum absolute atomic E-state index is 0.0105. The van der Waals surface area contributed by atoms with Crippen LogP contribution in [0.2, 0.25) is 5.02 Å². The molecule has 0 bridgehead atoms. The number of nitrogens with one attached hydrogen (secondary N) is 1. The van der Waals surface area contributed by atoms with Crippen LogP contribution >= 0.6 is 23.4 Å². The van der Waals surface area contributed by atoms with Gasteiger partial charge in [0.25, 0.3) is 5.56 Å². The largest absolute Gasteiger partial charge is 0.383 e. The minimum atomic E-state index is -0.668. The molecular weight excluding hydrogens is 460 g/mol. The maximum atomic E-state index is 13.2. The summed E-state index contributed by atoms with van der Waals surface area (Å²) in [5.74, 6) is 0.599. The smallest absolute Gasteiger partial charge is 0.330 e. The first-order valence-electron chi connectivity index (χ1n) is 10.5. The highest BCUT2D eigenvalue weighted by Crippen LogP contribution is 2.22. The molecule has 9 heteroatoms. The summed E-state index contributed by atoms with van der Waals surface area (Å²) in [4.78, 5) is 42.1. The molecule has 0 saturated heterocycles. The van der Waals surface area contributed by atoms with Gasteiger partial charge in [0.1, 0.15) is 5.82 Å². The van der Waals surface area contributed by atoms with Crippen LogP contribution in [0.25, 0.3) is 0 Å². The minimum Gasteiger partial charge on any atom is -0.383 e. The van der Waals surface area contributed by atoms with E-state index in [1.807, 2.05) is 56.3 Å². The van der Waals surface area contributed by atoms with Gasteiger partial charge in [-0.3, -0.25) is 19.1 Å². The van der Waals surface area contributed by atoms with Crippen LogP contribution in [0.5, 0.6) is 0 Å².